The van der Waals surface area contributed by atoms with Crippen molar-refractivity contribution < 1.29 is 4.79 Å². The van der Waals surface area contributed by atoms with Crippen LogP contribution in [0.2, 0.25) is 0 Å². The first kappa shape index (κ1) is 13.5. The SMILES string of the molecule is CCNCCCNC(=O)NCc1ccccc1. The van der Waals surface area contributed by atoms with E-state index in [9.17, 15) is 4.79 Å². The Morgan fingerprint density at radius 3 is 2.59 bits per heavy atom. The molecule has 0 saturated heterocycles. The van der Waals surface area contributed by atoms with E-state index >= 15 is 0 Å². The van der Waals surface area contributed by atoms with Crippen molar-refractivity contribution in [3.8, 4) is 0 Å². The summed E-state index contributed by atoms with van der Waals surface area (Å²) in [6.45, 7) is 5.25. The molecular formula is C13H21N3O. The minimum atomic E-state index is -0.106. The van der Waals surface area contributed by atoms with E-state index in [0.717, 1.165) is 25.1 Å². The second kappa shape index (κ2) is 8.58. The number of rotatable bonds is 7. The van der Waals surface area contributed by atoms with Gasteiger partial charge in [-0.2, -0.15) is 0 Å². The Hall–Kier alpha value is -1.55. The van der Waals surface area contributed by atoms with E-state index in [1.807, 2.05) is 30.3 Å². The summed E-state index contributed by atoms with van der Waals surface area (Å²) in [6, 6.07) is 9.77. The largest absolute Gasteiger partial charge is 0.338 e. The third-order valence-electron chi connectivity index (χ3n) is 2.36. The number of carbonyl (C=O) groups is 1. The number of urea groups is 1. The third kappa shape index (κ3) is 6.58. The summed E-state index contributed by atoms with van der Waals surface area (Å²) < 4.78 is 0. The van der Waals surface area contributed by atoms with Gasteiger partial charge in [-0.1, -0.05) is 37.3 Å². The van der Waals surface area contributed by atoms with Gasteiger partial charge in [0.25, 0.3) is 0 Å². The van der Waals surface area contributed by atoms with E-state index in [1.54, 1.807) is 0 Å². The van der Waals surface area contributed by atoms with Crippen molar-refractivity contribution in [2.75, 3.05) is 19.6 Å². The summed E-state index contributed by atoms with van der Waals surface area (Å²) >= 11 is 0. The normalized spacial score (nSPS) is 9.94. The number of carbonyl (C=O) groups excluding carboxylic acids is 1. The standard InChI is InChI=1S/C13H21N3O/c1-2-14-9-6-10-15-13(17)16-11-12-7-4-3-5-8-12/h3-5,7-8,14H,2,6,9-11H2,1H3,(H2,15,16,17). The van der Waals surface area contributed by atoms with Crippen LogP contribution < -0.4 is 16.0 Å². The highest BCUT2D eigenvalue weighted by Gasteiger charge is 1.98. The lowest BCUT2D eigenvalue weighted by atomic mass is 10.2. The molecule has 1 rings (SSSR count). The summed E-state index contributed by atoms with van der Waals surface area (Å²) in [5.74, 6) is 0. The van der Waals surface area contributed by atoms with Gasteiger partial charge in [0.1, 0.15) is 0 Å². The molecule has 0 fully saturated rings. The van der Waals surface area contributed by atoms with Crippen molar-refractivity contribution in [3.05, 3.63) is 35.9 Å². The van der Waals surface area contributed by atoms with E-state index in [1.165, 1.54) is 0 Å². The minimum absolute atomic E-state index is 0.106. The predicted octanol–water partition coefficient (Wildman–Crippen LogP) is 1.49. The van der Waals surface area contributed by atoms with E-state index in [-0.39, 0.29) is 6.03 Å². The highest BCUT2D eigenvalue weighted by Crippen LogP contribution is 1.96. The summed E-state index contributed by atoms with van der Waals surface area (Å²) in [5.41, 5.74) is 1.11. The van der Waals surface area contributed by atoms with Crippen molar-refractivity contribution in [2.45, 2.75) is 19.9 Å². The molecule has 0 aliphatic heterocycles. The molecule has 0 aromatic heterocycles. The third-order valence-corrected chi connectivity index (χ3v) is 2.36. The Bertz CT molecular complexity index is 314. The van der Waals surface area contributed by atoms with E-state index < -0.39 is 0 Å². The van der Waals surface area contributed by atoms with Gasteiger partial charge < -0.3 is 16.0 Å². The van der Waals surface area contributed by atoms with Gasteiger partial charge in [0.15, 0.2) is 0 Å². The lowest BCUT2D eigenvalue weighted by Gasteiger charge is -2.07. The summed E-state index contributed by atoms with van der Waals surface area (Å²) in [5, 5.41) is 8.85. The van der Waals surface area contributed by atoms with E-state index in [4.69, 9.17) is 0 Å². The van der Waals surface area contributed by atoms with Gasteiger partial charge in [0, 0.05) is 13.1 Å². The molecule has 0 radical (unpaired) electrons. The second-order valence-corrected chi connectivity index (χ2v) is 3.80. The van der Waals surface area contributed by atoms with Gasteiger partial charge in [0.2, 0.25) is 0 Å². The zero-order chi connectivity index (χ0) is 12.3. The maximum Gasteiger partial charge on any atom is 0.315 e. The molecule has 0 aliphatic rings. The van der Waals surface area contributed by atoms with Crippen LogP contribution in [-0.2, 0) is 6.54 Å². The van der Waals surface area contributed by atoms with Crippen molar-refractivity contribution in [1.29, 1.82) is 0 Å². The molecule has 0 atom stereocenters. The van der Waals surface area contributed by atoms with Crippen molar-refractivity contribution in [2.24, 2.45) is 0 Å². The molecule has 17 heavy (non-hydrogen) atoms. The van der Waals surface area contributed by atoms with Crippen LogP contribution in [0.1, 0.15) is 18.9 Å². The maximum atomic E-state index is 11.4. The van der Waals surface area contributed by atoms with Crippen molar-refractivity contribution >= 4 is 6.03 Å². The fraction of sp³-hybridized carbons (Fsp3) is 0.462. The smallest absolute Gasteiger partial charge is 0.315 e. The molecule has 0 bridgehead atoms. The first-order chi connectivity index (χ1) is 8.33. The fourth-order valence-electron chi connectivity index (χ4n) is 1.43. The quantitative estimate of drug-likeness (QED) is 0.627. The van der Waals surface area contributed by atoms with Crippen LogP contribution in [-0.4, -0.2) is 25.7 Å². The van der Waals surface area contributed by atoms with Crippen molar-refractivity contribution in [1.82, 2.24) is 16.0 Å². The molecule has 4 nitrogen and oxygen atoms in total. The molecule has 0 aliphatic carbocycles. The Balaban J connectivity index is 2.05. The average molecular weight is 235 g/mol. The van der Waals surface area contributed by atoms with Gasteiger partial charge in [-0.25, -0.2) is 4.79 Å². The molecule has 1 aromatic rings. The molecule has 0 saturated carbocycles. The first-order valence-corrected chi connectivity index (χ1v) is 6.09. The first-order valence-electron chi connectivity index (χ1n) is 6.09. The van der Waals surface area contributed by atoms with Crippen molar-refractivity contribution in [3.63, 3.8) is 0 Å². The predicted molar refractivity (Wildman–Crippen MR) is 69.8 cm³/mol. The summed E-state index contributed by atoms with van der Waals surface area (Å²) in [6.07, 6.45) is 0.951. The molecule has 94 valence electrons. The van der Waals surface area contributed by atoms with Gasteiger partial charge >= 0.3 is 6.03 Å². The van der Waals surface area contributed by atoms with Crippen LogP contribution in [0.25, 0.3) is 0 Å². The lowest BCUT2D eigenvalue weighted by molar-refractivity contribution is 0.240. The molecular weight excluding hydrogens is 214 g/mol. The van der Waals surface area contributed by atoms with Crippen LogP contribution in [0.5, 0.6) is 0 Å². The Labute approximate surface area is 103 Å². The minimum Gasteiger partial charge on any atom is -0.338 e. The number of hydrogen-bond donors (Lipinski definition) is 3. The molecule has 4 heteroatoms. The fourth-order valence-corrected chi connectivity index (χ4v) is 1.43. The van der Waals surface area contributed by atoms with Crippen LogP contribution in [0, 0.1) is 0 Å². The molecule has 0 unspecified atom stereocenters. The van der Waals surface area contributed by atoms with Gasteiger partial charge in [-0.05, 0) is 25.1 Å². The van der Waals surface area contributed by atoms with E-state index in [0.29, 0.717) is 13.1 Å². The average Bonchev–Trinajstić information content (AvgIpc) is 2.37. The summed E-state index contributed by atoms with van der Waals surface area (Å²) in [7, 11) is 0. The van der Waals surface area contributed by atoms with Crippen LogP contribution >= 0.6 is 0 Å². The maximum absolute atomic E-state index is 11.4. The number of amides is 2. The number of hydrogen-bond acceptors (Lipinski definition) is 2. The zero-order valence-corrected chi connectivity index (χ0v) is 10.3. The lowest BCUT2D eigenvalue weighted by Crippen LogP contribution is -2.36. The highest BCUT2D eigenvalue weighted by molar-refractivity contribution is 5.73. The summed E-state index contributed by atoms with van der Waals surface area (Å²) in [4.78, 5) is 11.4. The van der Waals surface area contributed by atoms with Crippen LogP contribution in [0.4, 0.5) is 4.79 Å². The van der Waals surface area contributed by atoms with E-state index in [2.05, 4.69) is 22.9 Å². The Morgan fingerprint density at radius 2 is 1.88 bits per heavy atom. The Morgan fingerprint density at radius 1 is 1.12 bits per heavy atom. The van der Waals surface area contributed by atoms with Crippen LogP contribution in [0.15, 0.2) is 30.3 Å². The molecule has 0 heterocycles. The zero-order valence-electron chi connectivity index (χ0n) is 10.3. The van der Waals surface area contributed by atoms with Gasteiger partial charge in [-0.3, -0.25) is 0 Å². The number of benzene rings is 1. The molecule has 3 N–H and O–H groups in total. The second-order valence-electron chi connectivity index (χ2n) is 3.80. The van der Waals surface area contributed by atoms with Gasteiger partial charge in [0.05, 0.1) is 0 Å². The topological polar surface area (TPSA) is 53.2 Å². The Kier molecular flexibility index (Phi) is 6.82. The number of nitrogens with one attached hydrogen (secondary N) is 3. The molecule has 0 spiro atoms. The molecule has 2 amide bonds. The van der Waals surface area contributed by atoms with Gasteiger partial charge in [-0.15, -0.1) is 0 Å². The van der Waals surface area contributed by atoms with Crippen LogP contribution in [0.3, 0.4) is 0 Å². The monoisotopic (exact) mass is 235 g/mol. The molecule has 1 aromatic carbocycles. The highest BCUT2D eigenvalue weighted by atomic mass is 16.2.